The number of carbonyl (C=O) groups excluding carboxylic acids is 1. The van der Waals surface area contributed by atoms with Gasteiger partial charge in [-0.05, 0) is 36.4 Å². The molecule has 0 aliphatic rings. The molecule has 0 fully saturated rings. The Morgan fingerprint density at radius 3 is 2.39 bits per heavy atom. The molecule has 2 rings (SSSR count). The molecule has 8 heteroatoms. The summed E-state index contributed by atoms with van der Waals surface area (Å²) in [5.74, 6) is -0.0747. The molecule has 0 radical (unpaired) electrons. The Hall–Kier alpha value is -1.76. The van der Waals surface area contributed by atoms with E-state index in [1.807, 2.05) is 0 Å². The van der Waals surface area contributed by atoms with Crippen LogP contribution in [0.1, 0.15) is 0 Å². The molecule has 0 aliphatic carbocycles. The third-order valence-corrected chi connectivity index (χ3v) is 4.30. The lowest BCUT2D eigenvalue weighted by Gasteiger charge is -2.09. The minimum Gasteiger partial charge on any atom is -0.484 e. The largest absolute Gasteiger partial charge is 0.484 e. The third kappa shape index (κ3) is 5.42. The number of sulfone groups is 1. The predicted molar refractivity (Wildman–Crippen MR) is 90.1 cm³/mol. The molecule has 0 aromatic heterocycles. The standard InChI is InChI=1S/C15H13Cl2NO4S/c1-23(20,21)14-4-2-3-12(8-14)18-15(19)9-22-13-6-10(16)5-11(17)7-13/h2-8H,9H2,1H3,(H,18,19). The van der Waals surface area contributed by atoms with Crippen LogP contribution in [0.4, 0.5) is 5.69 Å². The Balaban J connectivity index is 2.00. The van der Waals surface area contributed by atoms with Crippen molar-refractivity contribution in [3.8, 4) is 5.75 Å². The highest BCUT2D eigenvalue weighted by molar-refractivity contribution is 7.90. The predicted octanol–water partition coefficient (Wildman–Crippen LogP) is 3.41. The van der Waals surface area contributed by atoms with Crippen molar-refractivity contribution in [2.45, 2.75) is 4.90 Å². The van der Waals surface area contributed by atoms with Crippen LogP contribution in [-0.2, 0) is 14.6 Å². The molecule has 0 aliphatic heterocycles. The summed E-state index contributed by atoms with van der Waals surface area (Å²) in [5, 5.41) is 3.35. The molecule has 0 spiro atoms. The first-order valence-electron chi connectivity index (χ1n) is 6.43. The molecule has 0 unspecified atom stereocenters. The van der Waals surface area contributed by atoms with E-state index in [1.165, 1.54) is 24.3 Å². The van der Waals surface area contributed by atoms with Gasteiger partial charge in [0.15, 0.2) is 16.4 Å². The zero-order valence-corrected chi connectivity index (χ0v) is 14.4. The second kappa shape index (κ2) is 7.21. The second-order valence-electron chi connectivity index (χ2n) is 4.74. The number of hydrogen-bond donors (Lipinski definition) is 1. The van der Waals surface area contributed by atoms with Gasteiger partial charge in [-0.2, -0.15) is 0 Å². The summed E-state index contributed by atoms with van der Waals surface area (Å²) >= 11 is 11.7. The number of benzene rings is 2. The zero-order chi connectivity index (χ0) is 17.0. The maximum atomic E-state index is 11.9. The van der Waals surface area contributed by atoms with Crippen molar-refractivity contribution in [3.05, 3.63) is 52.5 Å². The maximum absolute atomic E-state index is 11.9. The van der Waals surface area contributed by atoms with Crippen molar-refractivity contribution in [1.82, 2.24) is 0 Å². The lowest BCUT2D eigenvalue weighted by atomic mass is 10.3. The molecule has 5 nitrogen and oxygen atoms in total. The van der Waals surface area contributed by atoms with Crippen LogP contribution in [-0.4, -0.2) is 27.2 Å². The third-order valence-electron chi connectivity index (χ3n) is 2.75. The molecule has 0 bridgehead atoms. The molecule has 2 aromatic carbocycles. The first kappa shape index (κ1) is 17.6. The van der Waals surface area contributed by atoms with E-state index in [9.17, 15) is 13.2 Å². The van der Waals surface area contributed by atoms with Gasteiger partial charge in [0.2, 0.25) is 0 Å². The Labute approximate surface area is 144 Å². The molecular formula is C15H13Cl2NO4S. The van der Waals surface area contributed by atoms with E-state index in [0.29, 0.717) is 21.5 Å². The van der Waals surface area contributed by atoms with Crippen molar-refractivity contribution in [2.75, 3.05) is 18.2 Å². The molecule has 23 heavy (non-hydrogen) atoms. The Bertz CT molecular complexity index is 817. The summed E-state index contributed by atoms with van der Waals surface area (Å²) in [7, 11) is -3.34. The van der Waals surface area contributed by atoms with Gasteiger partial charge in [0.05, 0.1) is 4.90 Å². The van der Waals surface area contributed by atoms with Gasteiger partial charge in [-0.1, -0.05) is 29.3 Å². The monoisotopic (exact) mass is 373 g/mol. The average Bonchev–Trinajstić information content (AvgIpc) is 2.43. The number of rotatable bonds is 5. The summed E-state index contributed by atoms with van der Waals surface area (Å²) < 4.78 is 28.3. The molecule has 0 saturated heterocycles. The lowest BCUT2D eigenvalue weighted by Crippen LogP contribution is -2.20. The molecule has 1 N–H and O–H groups in total. The zero-order valence-electron chi connectivity index (χ0n) is 12.0. The molecule has 122 valence electrons. The number of halogens is 2. The number of nitrogens with one attached hydrogen (secondary N) is 1. The fourth-order valence-electron chi connectivity index (χ4n) is 1.76. The van der Waals surface area contributed by atoms with Crippen LogP contribution >= 0.6 is 23.2 Å². The molecule has 2 aromatic rings. The van der Waals surface area contributed by atoms with Gasteiger partial charge in [-0.3, -0.25) is 4.79 Å². The van der Waals surface area contributed by atoms with Crippen molar-refractivity contribution >= 4 is 44.6 Å². The van der Waals surface area contributed by atoms with E-state index in [2.05, 4.69) is 5.32 Å². The van der Waals surface area contributed by atoms with Gasteiger partial charge in [0.1, 0.15) is 5.75 Å². The normalized spacial score (nSPS) is 11.1. The summed E-state index contributed by atoms with van der Waals surface area (Å²) in [6.45, 7) is -0.264. The van der Waals surface area contributed by atoms with Crippen LogP contribution in [0.5, 0.6) is 5.75 Å². The molecular weight excluding hydrogens is 361 g/mol. The summed E-state index contributed by atoms with van der Waals surface area (Å²) in [5.41, 5.74) is 0.366. The first-order chi connectivity index (χ1) is 10.7. The maximum Gasteiger partial charge on any atom is 0.262 e. The Kier molecular flexibility index (Phi) is 5.51. The van der Waals surface area contributed by atoms with E-state index in [4.69, 9.17) is 27.9 Å². The van der Waals surface area contributed by atoms with Crippen molar-refractivity contribution in [1.29, 1.82) is 0 Å². The van der Waals surface area contributed by atoms with E-state index in [0.717, 1.165) is 6.26 Å². The van der Waals surface area contributed by atoms with E-state index < -0.39 is 15.7 Å². The van der Waals surface area contributed by atoms with Crippen molar-refractivity contribution < 1.29 is 17.9 Å². The SMILES string of the molecule is CS(=O)(=O)c1cccc(NC(=O)COc2cc(Cl)cc(Cl)c2)c1. The Morgan fingerprint density at radius 2 is 1.78 bits per heavy atom. The van der Waals surface area contributed by atoms with Crippen molar-refractivity contribution in [3.63, 3.8) is 0 Å². The number of amides is 1. The number of anilines is 1. The fourth-order valence-corrected chi connectivity index (χ4v) is 2.94. The Morgan fingerprint density at radius 1 is 1.13 bits per heavy atom. The van der Waals surface area contributed by atoms with E-state index >= 15 is 0 Å². The van der Waals surface area contributed by atoms with Gasteiger partial charge in [-0.25, -0.2) is 8.42 Å². The molecule has 0 saturated carbocycles. The van der Waals surface area contributed by atoms with Crippen molar-refractivity contribution in [2.24, 2.45) is 0 Å². The highest BCUT2D eigenvalue weighted by Gasteiger charge is 2.09. The van der Waals surface area contributed by atoms with Crippen LogP contribution in [0.2, 0.25) is 10.0 Å². The van der Waals surface area contributed by atoms with Gasteiger partial charge >= 0.3 is 0 Å². The van der Waals surface area contributed by atoms with Gasteiger partial charge in [0, 0.05) is 22.0 Å². The van der Waals surface area contributed by atoms with Crippen LogP contribution in [0.15, 0.2) is 47.4 Å². The molecule has 0 heterocycles. The lowest BCUT2D eigenvalue weighted by molar-refractivity contribution is -0.118. The summed E-state index contributed by atoms with van der Waals surface area (Å²) in [6.07, 6.45) is 1.10. The van der Waals surface area contributed by atoms with Crippen LogP contribution < -0.4 is 10.1 Å². The molecule has 0 atom stereocenters. The van der Waals surface area contributed by atoms with Gasteiger partial charge in [0.25, 0.3) is 5.91 Å². The van der Waals surface area contributed by atoms with Crippen LogP contribution in [0, 0.1) is 0 Å². The van der Waals surface area contributed by atoms with E-state index in [1.54, 1.807) is 18.2 Å². The first-order valence-corrected chi connectivity index (χ1v) is 9.07. The second-order valence-corrected chi connectivity index (χ2v) is 7.63. The number of carbonyl (C=O) groups is 1. The van der Waals surface area contributed by atoms with E-state index in [-0.39, 0.29) is 11.5 Å². The highest BCUT2D eigenvalue weighted by atomic mass is 35.5. The smallest absolute Gasteiger partial charge is 0.262 e. The minimum atomic E-state index is -3.34. The van der Waals surface area contributed by atoms with Crippen LogP contribution in [0.25, 0.3) is 0 Å². The number of ether oxygens (including phenoxy) is 1. The van der Waals surface area contributed by atoms with Gasteiger partial charge < -0.3 is 10.1 Å². The topological polar surface area (TPSA) is 72.5 Å². The highest BCUT2D eigenvalue weighted by Crippen LogP contribution is 2.24. The minimum absolute atomic E-state index is 0.123. The number of hydrogen-bond acceptors (Lipinski definition) is 4. The average molecular weight is 374 g/mol. The quantitative estimate of drug-likeness (QED) is 0.871. The summed E-state index contributed by atoms with van der Waals surface area (Å²) in [6, 6.07) is 10.6. The summed E-state index contributed by atoms with van der Waals surface area (Å²) in [4.78, 5) is 12.0. The van der Waals surface area contributed by atoms with Gasteiger partial charge in [-0.15, -0.1) is 0 Å². The molecule has 1 amide bonds. The fraction of sp³-hybridized carbons (Fsp3) is 0.133. The van der Waals surface area contributed by atoms with Crippen LogP contribution in [0.3, 0.4) is 0 Å².